The van der Waals surface area contributed by atoms with Crippen LogP contribution in [0.1, 0.15) is 61.7 Å². The van der Waals surface area contributed by atoms with E-state index in [9.17, 15) is 14.4 Å². The number of pyridine rings is 1. The minimum atomic E-state index is -0.204. The lowest BCUT2D eigenvalue weighted by molar-refractivity contribution is -0.140. The molecule has 2 aliphatic heterocycles. The summed E-state index contributed by atoms with van der Waals surface area (Å²) in [5.74, 6) is 0.585. The fraction of sp³-hybridized carbons (Fsp3) is 0.591. The second-order valence-electron chi connectivity index (χ2n) is 8.29. The quantitative estimate of drug-likeness (QED) is 0.813. The minimum Gasteiger partial charge on any atom is -0.339 e. The van der Waals surface area contributed by atoms with Gasteiger partial charge in [0, 0.05) is 44.4 Å². The predicted octanol–water partition coefficient (Wildman–Crippen LogP) is 2.72. The molecule has 150 valence electrons. The van der Waals surface area contributed by atoms with Crippen molar-refractivity contribution in [2.24, 2.45) is 5.92 Å². The molecule has 1 aromatic heterocycles. The van der Waals surface area contributed by atoms with Crippen molar-refractivity contribution >= 4 is 11.8 Å². The molecule has 1 N–H and O–H groups in total. The number of piperidine rings is 2. The van der Waals surface area contributed by atoms with E-state index in [0.717, 1.165) is 25.8 Å². The first-order chi connectivity index (χ1) is 13.6. The summed E-state index contributed by atoms with van der Waals surface area (Å²) >= 11 is 0. The lowest BCUT2D eigenvalue weighted by Crippen LogP contribution is -2.57. The second-order valence-corrected chi connectivity index (χ2v) is 8.29. The maximum atomic E-state index is 12.8. The van der Waals surface area contributed by atoms with Crippen molar-refractivity contribution in [3.63, 3.8) is 0 Å². The van der Waals surface area contributed by atoms with Crippen molar-refractivity contribution in [3.8, 4) is 0 Å². The molecule has 0 radical (unpaired) electrons. The van der Waals surface area contributed by atoms with Gasteiger partial charge in [-0.1, -0.05) is 11.6 Å². The summed E-state index contributed by atoms with van der Waals surface area (Å²) in [6.07, 6.45) is 12.0. The molecule has 1 aliphatic carbocycles. The van der Waals surface area contributed by atoms with Gasteiger partial charge in [-0.05, 0) is 56.9 Å². The molecule has 2 unspecified atom stereocenters. The van der Waals surface area contributed by atoms with Crippen LogP contribution in [0.3, 0.4) is 0 Å². The van der Waals surface area contributed by atoms with Gasteiger partial charge in [-0.25, -0.2) is 0 Å². The molecule has 0 aromatic carbocycles. The van der Waals surface area contributed by atoms with Crippen molar-refractivity contribution in [1.82, 2.24) is 14.8 Å². The molecule has 6 heteroatoms. The highest BCUT2D eigenvalue weighted by molar-refractivity contribution is 5.94. The number of fused-ring (bicyclic) bond motifs is 1. The van der Waals surface area contributed by atoms with Crippen molar-refractivity contribution < 1.29 is 9.59 Å². The Labute approximate surface area is 165 Å². The molecule has 2 amide bonds. The summed E-state index contributed by atoms with van der Waals surface area (Å²) in [7, 11) is 0. The number of nitrogens with one attached hydrogen (secondary N) is 1. The topological polar surface area (TPSA) is 73.5 Å². The van der Waals surface area contributed by atoms with E-state index in [1.807, 2.05) is 4.90 Å². The van der Waals surface area contributed by atoms with Gasteiger partial charge in [0.1, 0.15) is 0 Å². The van der Waals surface area contributed by atoms with Gasteiger partial charge in [-0.15, -0.1) is 0 Å². The highest BCUT2D eigenvalue weighted by atomic mass is 16.2. The van der Waals surface area contributed by atoms with Gasteiger partial charge >= 0.3 is 0 Å². The normalized spacial score (nSPS) is 25.3. The van der Waals surface area contributed by atoms with Gasteiger partial charge in [0.05, 0.1) is 5.56 Å². The number of aromatic nitrogens is 1. The highest BCUT2D eigenvalue weighted by Crippen LogP contribution is 2.32. The minimum absolute atomic E-state index is 0.0366. The van der Waals surface area contributed by atoms with Crippen molar-refractivity contribution in [2.45, 2.75) is 57.4 Å². The zero-order valence-corrected chi connectivity index (χ0v) is 16.4. The van der Waals surface area contributed by atoms with Crippen LogP contribution in [0.15, 0.2) is 34.8 Å². The number of H-pyrrole nitrogens is 1. The van der Waals surface area contributed by atoms with Crippen molar-refractivity contribution in [2.75, 3.05) is 19.6 Å². The van der Waals surface area contributed by atoms with Gasteiger partial charge in [0.2, 0.25) is 11.5 Å². The summed E-state index contributed by atoms with van der Waals surface area (Å²) in [5, 5.41) is 0. The third-order valence-corrected chi connectivity index (χ3v) is 6.52. The van der Waals surface area contributed by atoms with Crippen LogP contribution in [0, 0.1) is 5.92 Å². The number of carbonyl (C=O) groups is 2. The number of carbonyl (C=O) groups excluding carboxylic acids is 2. The number of rotatable bonds is 4. The SMILES string of the molecule is O=C(c1ccc(=O)[nH]c1)N1CCC2C(CCC(=O)N2CCC2=CCCCC2)C1. The maximum Gasteiger partial charge on any atom is 0.255 e. The summed E-state index contributed by atoms with van der Waals surface area (Å²) in [5.41, 5.74) is 1.82. The lowest BCUT2D eigenvalue weighted by atomic mass is 9.83. The monoisotopic (exact) mass is 383 g/mol. The van der Waals surface area contributed by atoms with Crippen LogP contribution >= 0.6 is 0 Å². The average Bonchev–Trinajstić information content (AvgIpc) is 2.73. The Balaban J connectivity index is 1.39. The van der Waals surface area contributed by atoms with E-state index in [2.05, 4.69) is 16.0 Å². The summed E-state index contributed by atoms with van der Waals surface area (Å²) in [4.78, 5) is 43.2. The summed E-state index contributed by atoms with van der Waals surface area (Å²) in [6.45, 7) is 2.17. The van der Waals surface area contributed by atoms with Crippen LogP contribution < -0.4 is 5.56 Å². The number of hydrogen-bond acceptors (Lipinski definition) is 3. The first-order valence-electron chi connectivity index (χ1n) is 10.6. The van der Waals surface area contributed by atoms with E-state index in [-0.39, 0.29) is 23.4 Å². The molecule has 2 saturated heterocycles. The molecule has 28 heavy (non-hydrogen) atoms. The van der Waals surface area contributed by atoms with Crippen LogP contribution in [-0.4, -0.2) is 52.3 Å². The zero-order valence-electron chi connectivity index (χ0n) is 16.4. The van der Waals surface area contributed by atoms with E-state index in [0.29, 0.717) is 31.0 Å². The third kappa shape index (κ3) is 4.05. The Morgan fingerprint density at radius 3 is 2.79 bits per heavy atom. The molecule has 0 bridgehead atoms. The molecule has 0 saturated carbocycles. The van der Waals surface area contributed by atoms with E-state index in [1.165, 1.54) is 43.5 Å². The van der Waals surface area contributed by atoms with Crippen molar-refractivity contribution in [3.05, 3.63) is 45.9 Å². The number of likely N-dealkylation sites (tertiary alicyclic amines) is 2. The number of aromatic amines is 1. The maximum absolute atomic E-state index is 12.8. The summed E-state index contributed by atoms with van der Waals surface area (Å²) in [6, 6.07) is 3.23. The first-order valence-corrected chi connectivity index (χ1v) is 10.6. The Bertz CT molecular complexity index is 808. The molecule has 2 fully saturated rings. The van der Waals surface area contributed by atoms with Gasteiger partial charge < -0.3 is 14.8 Å². The molecular weight excluding hydrogens is 354 g/mol. The van der Waals surface area contributed by atoms with Crippen LogP contribution in [0.4, 0.5) is 0 Å². The molecule has 1 aromatic rings. The number of allylic oxidation sites excluding steroid dienone is 1. The molecule has 3 aliphatic rings. The molecule has 6 nitrogen and oxygen atoms in total. The van der Waals surface area contributed by atoms with Crippen LogP contribution in [-0.2, 0) is 4.79 Å². The van der Waals surface area contributed by atoms with E-state index >= 15 is 0 Å². The largest absolute Gasteiger partial charge is 0.339 e. The molecule has 3 heterocycles. The van der Waals surface area contributed by atoms with Gasteiger partial charge in [-0.3, -0.25) is 14.4 Å². The Morgan fingerprint density at radius 1 is 1.14 bits per heavy atom. The smallest absolute Gasteiger partial charge is 0.255 e. The fourth-order valence-electron chi connectivity index (χ4n) is 4.95. The highest BCUT2D eigenvalue weighted by Gasteiger charge is 2.40. The van der Waals surface area contributed by atoms with Crippen LogP contribution in [0.25, 0.3) is 0 Å². The predicted molar refractivity (Wildman–Crippen MR) is 107 cm³/mol. The fourth-order valence-corrected chi connectivity index (χ4v) is 4.95. The van der Waals surface area contributed by atoms with Gasteiger partial charge in [0.25, 0.3) is 5.91 Å². The van der Waals surface area contributed by atoms with E-state index in [4.69, 9.17) is 0 Å². The molecular formula is C22H29N3O3. The van der Waals surface area contributed by atoms with Gasteiger partial charge in [0.15, 0.2) is 0 Å². The number of nitrogens with zero attached hydrogens (tertiary/aromatic N) is 2. The molecule has 2 atom stereocenters. The van der Waals surface area contributed by atoms with Crippen molar-refractivity contribution in [1.29, 1.82) is 0 Å². The Hall–Kier alpha value is -2.37. The van der Waals surface area contributed by atoms with Gasteiger partial charge in [-0.2, -0.15) is 0 Å². The molecule has 0 spiro atoms. The standard InChI is InChI=1S/C22H29N3O3/c26-20-8-6-17(14-23-20)22(28)24-12-11-19-18(15-24)7-9-21(27)25(19)13-10-16-4-2-1-3-5-16/h4,6,8,14,18-19H,1-3,5,7,9-13,15H2,(H,23,26). The average molecular weight is 383 g/mol. The number of amides is 2. The number of hydrogen-bond donors (Lipinski definition) is 1. The first kappa shape index (κ1) is 19.0. The Morgan fingerprint density at radius 2 is 2.04 bits per heavy atom. The van der Waals surface area contributed by atoms with E-state index < -0.39 is 0 Å². The summed E-state index contributed by atoms with van der Waals surface area (Å²) < 4.78 is 0. The third-order valence-electron chi connectivity index (χ3n) is 6.52. The van der Waals surface area contributed by atoms with E-state index in [1.54, 1.807) is 6.07 Å². The lowest BCUT2D eigenvalue weighted by Gasteiger charge is -2.47. The molecule has 4 rings (SSSR count). The second kappa shape index (κ2) is 8.33. The van der Waals surface area contributed by atoms with Crippen LogP contribution in [0.2, 0.25) is 0 Å². The van der Waals surface area contributed by atoms with Crippen LogP contribution in [0.5, 0.6) is 0 Å². The zero-order chi connectivity index (χ0) is 19.5. The Kier molecular flexibility index (Phi) is 5.64.